The number of hydrogen-bond donors (Lipinski definition) is 0. The van der Waals surface area contributed by atoms with Crippen molar-refractivity contribution >= 4 is 46.4 Å². The van der Waals surface area contributed by atoms with Crippen LogP contribution in [0.5, 0.6) is 5.75 Å². The molecule has 0 bridgehead atoms. The molecule has 8 heteroatoms. The minimum Gasteiger partial charge on any atom is -0.494 e. The lowest BCUT2D eigenvalue weighted by molar-refractivity contribution is -0.128. The molecule has 2 amide bonds. The monoisotopic (exact) mass is 517 g/mol. The van der Waals surface area contributed by atoms with Gasteiger partial charge in [-0.05, 0) is 49.6 Å². The summed E-state index contributed by atoms with van der Waals surface area (Å²) in [6, 6.07) is 11.5. The van der Waals surface area contributed by atoms with E-state index in [-0.39, 0.29) is 17.7 Å². The Kier molecular flexibility index (Phi) is 8.58. The van der Waals surface area contributed by atoms with Crippen LogP contribution in [0.3, 0.4) is 0 Å². The first-order valence-electron chi connectivity index (χ1n) is 12.4. The molecule has 6 nitrogen and oxygen atoms in total. The summed E-state index contributed by atoms with van der Waals surface area (Å²) in [5, 5.41) is 1.22. The molecule has 1 fully saturated rings. The Labute approximate surface area is 217 Å². The third kappa shape index (κ3) is 6.11. The molecule has 2 aliphatic rings. The largest absolute Gasteiger partial charge is 0.494 e. The fraction of sp³-hybridized carbons (Fsp3) is 0.481. The van der Waals surface area contributed by atoms with E-state index in [1.165, 1.54) is 4.90 Å². The molecule has 35 heavy (non-hydrogen) atoms. The number of amides is 2. The van der Waals surface area contributed by atoms with Crippen molar-refractivity contribution in [1.82, 2.24) is 4.90 Å². The van der Waals surface area contributed by atoms with Crippen LogP contribution in [0.2, 0.25) is 10.0 Å². The molecule has 0 spiro atoms. The lowest BCUT2D eigenvalue weighted by Gasteiger charge is -2.36. The number of piperazine rings is 1. The molecule has 2 aromatic carbocycles. The van der Waals surface area contributed by atoms with Crippen molar-refractivity contribution in [3.63, 3.8) is 0 Å². The number of rotatable bonds is 8. The van der Waals surface area contributed by atoms with Crippen molar-refractivity contribution in [2.45, 2.75) is 39.5 Å². The highest BCUT2D eigenvalue weighted by molar-refractivity contribution is 6.43. The minimum atomic E-state index is -0.237. The summed E-state index contributed by atoms with van der Waals surface area (Å²) in [5.74, 6) is 0.169. The molecule has 0 N–H and O–H groups in total. The van der Waals surface area contributed by atoms with E-state index < -0.39 is 0 Å². The molecule has 2 aromatic rings. The van der Waals surface area contributed by atoms with Crippen LogP contribution in [0.4, 0.5) is 11.4 Å². The number of halogens is 2. The molecule has 4 rings (SSSR count). The quantitative estimate of drug-likeness (QED) is 0.436. The normalized spacial score (nSPS) is 16.5. The van der Waals surface area contributed by atoms with Crippen molar-refractivity contribution in [3.8, 4) is 5.75 Å². The second-order valence-corrected chi connectivity index (χ2v) is 10.3. The Morgan fingerprint density at radius 1 is 1.00 bits per heavy atom. The van der Waals surface area contributed by atoms with Crippen LogP contribution in [0.25, 0.3) is 0 Å². The van der Waals surface area contributed by atoms with Crippen LogP contribution >= 0.6 is 23.2 Å². The van der Waals surface area contributed by atoms with Gasteiger partial charge < -0.3 is 9.64 Å². The topological polar surface area (TPSA) is 53.1 Å². The molecule has 2 aliphatic heterocycles. The zero-order valence-electron chi connectivity index (χ0n) is 20.4. The highest BCUT2D eigenvalue weighted by Crippen LogP contribution is 2.34. The zero-order valence-corrected chi connectivity index (χ0v) is 21.9. The van der Waals surface area contributed by atoms with Gasteiger partial charge in [-0.1, -0.05) is 49.2 Å². The number of nitrogens with zero attached hydrogens (tertiary/aromatic N) is 3. The van der Waals surface area contributed by atoms with Crippen LogP contribution in [-0.2, 0) is 16.0 Å². The predicted molar refractivity (Wildman–Crippen MR) is 142 cm³/mol. The summed E-state index contributed by atoms with van der Waals surface area (Å²) in [6.45, 7) is 9.09. The van der Waals surface area contributed by atoms with Gasteiger partial charge in [0.1, 0.15) is 5.75 Å². The number of carbonyl (C=O) groups excluding carboxylic acids is 2. The summed E-state index contributed by atoms with van der Waals surface area (Å²) >= 11 is 12.5. The van der Waals surface area contributed by atoms with Crippen LogP contribution in [0.1, 0.15) is 38.7 Å². The summed E-state index contributed by atoms with van der Waals surface area (Å²) in [6.07, 6.45) is 3.00. The molecule has 188 valence electrons. The Hall–Kier alpha value is -2.28. The lowest BCUT2D eigenvalue weighted by Crippen LogP contribution is -2.46. The minimum absolute atomic E-state index is 0.133. The van der Waals surface area contributed by atoms with Crippen LogP contribution in [0.15, 0.2) is 36.4 Å². The standard InChI is InChI=1S/C27H33Cl2N3O3/c1-19(2)27(34)32-24-18-21(10-8-20(24)9-11-25(32)33)35-17-4-3-12-30-13-15-31(16-14-30)23-7-5-6-22(28)26(23)29/h5-8,10,18-19H,3-4,9,11-17H2,1-2H3. The van der Waals surface area contributed by atoms with Gasteiger partial charge in [0.15, 0.2) is 0 Å². The van der Waals surface area contributed by atoms with E-state index in [1.807, 2.05) is 50.2 Å². The van der Waals surface area contributed by atoms with Gasteiger partial charge in [-0.2, -0.15) is 0 Å². The highest BCUT2D eigenvalue weighted by atomic mass is 35.5. The van der Waals surface area contributed by atoms with Crippen molar-refractivity contribution in [2.24, 2.45) is 5.92 Å². The van der Waals surface area contributed by atoms with Gasteiger partial charge >= 0.3 is 0 Å². The molecule has 2 heterocycles. The second-order valence-electron chi connectivity index (χ2n) is 9.47. The second kappa shape index (κ2) is 11.6. The summed E-state index contributed by atoms with van der Waals surface area (Å²) in [5.41, 5.74) is 2.70. The fourth-order valence-electron chi connectivity index (χ4n) is 4.62. The Morgan fingerprint density at radius 2 is 1.77 bits per heavy atom. The molecule has 0 atom stereocenters. The van der Waals surface area contributed by atoms with Gasteiger partial charge in [0, 0.05) is 44.6 Å². The molecule has 0 saturated carbocycles. The van der Waals surface area contributed by atoms with Crippen LogP contribution in [0, 0.1) is 5.92 Å². The number of hydrogen-bond acceptors (Lipinski definition) is 5. The third-order valence-corrected chi connectivity index (χ3v) is 7.46. The molecule has 0 aliphatic carbocycles. The SMILES string of the molecule is CC(C)C(=O)N1C(=O)CCc2ccc(OCCCCN3CCN(c4cccc(Cl)c4Cl)CC3)cc21. The number of fused-ring (bicyclic) bond motifs is 1. The van der Waals surface area contributed by atoms with Gasteiger partial charge in [0.25, 0.3) is 0 Å². The molecule has 0 unspecified atom stereocenters. The number of benzene rings is 2. The van der Waals surface area contributed by atoms with E-state index >= 15 is 0 Å². The maximum atomic E-state index is 12.6. The average Bonchev–Trinajstić information content (AvgIpc) is 2.85. The summed E-state index contributed by atoms with van der Waals surface area (Å²) in [4.78, 5) is 31.1. The van der Waals surface area contributed by atoms with E-state index in [0.29, 0.717) is 40.9 Å². The van der Waals surface area contributed by atoms with Gasteiger partial charge in [-0.25, -0.2) is 4.90 Å². The molecular formula is C27H33Cl2N3O3. The van der Waals surface area contributed by atoms with Crippen molar-refractivity contribution < 1.29 is 14.3 Å². The van der Waals surface area contributed by atoms with Crippen LogP contribution in [-0.4, -0.2) is 56.0 Å². The molecule has 0 aromatic heterocycles. The average molecular weight is 518 g/mol. The van der Waals surface area contributed by atoms with E-state index in [9.17, 15) is 9.59 Å². The maximum absolute atomic E-state index is 12.6. The maximum Gasteiger partial charge on any atom is 0.236 e. The third-order valence-electron chi connectivity index (χ3n) is 6.65. The number of anilines is 2. The van der Waals surface area contributed by atoms with Crippen molar-refractivity contribution in [1.29, 1.82) is 0 Å². The number of unbranched alkanes of at least 4 members (excludes halogenated alkanes) is 1. The first-order chi connectivity index (χ1) is 16.8. The number of imide groups is 1. The van der Waals surface area contributed by atoms with Crippen LogP contribution < -0.4 is 14.5 Å². The molecule has 1 saturated heterocycles. The van der Waals surface area contributed by atoms with Gasteiger partial charge in [-0.3, -0.25) is 14.5 Å². The zero-order chi connectivity index (χ0) is 24.9. The van der Waals surface area contributed by atoms with E-state index in [2.05, 4.69) is 9.80 Å². The first-order valence-corrected chi connectivity index (χ1v) is 13.1. The Bertz CT molecular complexity index is 1070. The van der Waals surface area contributed by atoms with Gasteiger partial charge in [0.2, 0.25) is 11.8 Å². The number of carbonyl (C=O) groups is 2. The van der Waals surface area contributed by atoms with Gasteiger partial charge in [0.05, 0.1) is 28.0 Å². The van der Waals surface area contributed by atoms with E-state index in [0.717, 1.165) is 56.8 Å². The summed E-state index contributed by atoms with van der Waals surface area (Å²) in [7, 11) is 0. The van der Waals surface area contributed by atoms with E-state index in [4.69, 9.17) is 27.9 Å². The fourth-order valence-corrected chi connectivity index (χ4v) is 5.03. The smallest absolute Gasteiger partial charge is 0.236 e. The Morgan fingerprint density at radius 3 is 2.51 bits per heavy atom. The Balaban J connectivity index is 1.22. The van der Waals surface area contributed by atoms with Crippen molar-refractivity contribution in [2.75, 3.05) is 49.1 Å². The lowest BCUT2D eigenvalue weighted by atomic mass is 9.99. The highest BCUT2D eigenvalue weighted by Gasteiger charge is 2.31. The first kappa shape index (κ1) is 25.8. The van der Waals surface area contributed by atoms with Crippen molar-refractivity contribution in [3.05, 3.63) is 52.0 Å². The predicted octanol–water partition coefficient (Wildman–Crippen LogP) is 5.44. The number of aryl methyl sites for hydroxylation is 1. The molecule has 0 radical (unpaired) electrons. The molecular weight excluding hydrogens is 485 g/mol. The van der Waals surface area contributed by atoms with E-state index in [1.54, 1.807) is 0 Å². The number of ether oxygens (including phenoxy) is 1. The summed E-state index contributed by atoms with van der Waals surface area (Å²) < 4.78 is 5.98. The van der Waals surface area contributed by atoms with Gasteiger partial charge in [-0.15, -0.1) is 0 Å².